The molecule has 0 heterocycles. The average molecular weight is 260 g/mol. The van der Waals surface area contributed by atoms with E-state index in [1.54, 1.807) is 0 Å². The van der Waals surface area contributed by atoms with Crippen molar-refractivity contribution in [2.75, 3.05) is 13.2 Å². The number of hydrogen-bond acceptors (Lipinski definition) is 4. The van der Waals surface area contributed by atoms with Crippen molar-refractivity contribution in [3.8, 4) is 0 Å². The molecule has 0 spiro atoms. The molecule has 0 aliphatic rings. The molecule has 0 aromatic carbocycles. The first-order chi connectivity index (χ1) is 8.70. The van der Waals surface area contributed by atoms with Crippen LogP contribution in [0, 0.1) is 0 Å². The number of hydrogen-bond donors (Lipinski definition) is 2. The van der Waals surface area contributed by atoms with Crippen molar-refractivity contribution in [2.45, 2.75) is 70.8 Å². The fraction of sp³-hybridized carbons (Fsp3) is 0.929. The summed E-state index contributed by atoms with van der Waals surface area (Å²) in [6.45, 7) is 2.13. The number of carbonyl (C=O) groups excluding carboxylic acids is 1. The second-order valence-corrected chi connectivity index (χ2v) is 4.69. The summed E-state index contributed by atoms with van der Waals surface area (Å²) in [5.74, 6) is -0.243. The zero-order chi connectivity index (χ0) is 13.6. The number of unbranched alkanes of at least 4 members (excludes halogenated alkanes) is 4. The Balaban J connectivity index is 3.26. The van der Waals surface area contributed by atoms with Gasteiger partial charge in [0, 0.05) is 6.42 Å². The second kappa shape index (κ2) is 12.8. The Morgan fingerprint density at radius 3 is 2.39 bits per heavy atom. The van der Waals surface area contributed by atoms with E-state index in [0.717, 1.165) is 38.5 Å². The molecule has 0 aromatic rings. The molecule has 0 saturated heterocycles. The van der Waals surface area contributed by atoms with E-state index in [9.17, 15) is 9.90 Å². The lowest BCUT2D eigenvalue weighted by Gasteiger charge is -2.09. The van der Waals surface area contributed by atoms with E-state index in [2.05, 4.69) is 6.92 Å². The zero-order valence-electron chi connectivity index (χ0n) is 11.6. The Labute approximate surface area is 110 Å². The van der Waals surface area contributed by atoms with Crippen molar-refractivity contribution >= 4 is 5.97 Å². The van der Waals surface area contributed by atoms with Gasteiger partial charge in [-0.05, 0) is 19.3 Å². The van der Waals surface area contributed by atoms with E-state index in [0.29, 0.717) is 6.42 Å². The molecule has 0 aliphatic heterocycles. The maximum Gasteiger partial charge on any atom is 0.305 e. The first kappa shape index (κ1) is 17.4. The second-order valence-electron chi connectivity index (χ2n) is 4.69. The van der Waals surface area contributed by atoms with Crippen molar-refractivity contribution in [1.82, 2.24) is 0 Å². The van der Waals surface area contributed by atoms with E-state index in [1.165, 1.54) is 12.8 Å². The summed E-state index contributed by atoms with van der Waals surface area (Å²) < 4.78 is 4.75. The third-order valence-electron chi connectivity index (χ3n) is 2.91. The summed E-state index contributed by atoms with van der Waals surface area (Å²) in [6.07, 6.45) is 8.12. The van der Waals surface area contributed by atoms with Gasteiger partial charge in [-0.15, -0.1) is 0 Å². The molecule has 108 valence electrons. The largest absolute Gasteiger partial charge is 0.463 e. The number of carbonyl (C=O) groups is 1. The van der Waals surface area contributed by atoms with E-state index >= 15 is 0 Å². The maximum absolute atomic E-state index is 11.1. The van der Waals surface area contributed by atoms with E-state index in [1.807, 2.05) is 0 Å². The molecule has 0 radical (unpaired) electrons. The van der Waals surface area contributed by atoms with Crippen LogP contribution in [0.3, 0.4) is 0 Å². The monoisotopic (exact) mass is 260 g/mol. The van der Waals surface area contributed by atoms with Crippen LogP contribution in [0.2, 0.25) is 0 Å². The first-order valence-electron chi connectivity index (χ1n) is 7.15. The number of esters is 1. The van der Waals surface area contributed by atoms with E-state index in [4.69, 9.17) is 9.84 Å². The Morgan fingerprint density at radius 2 is 1.78 bits per heavy atom. The molecule has 0 bridgehead atoms. The summed E-state index contributed by atoms with van der Waals surface area (Å²) in [4.78, 5) is 11.1. The molecular formula is C14H28O4. The van der Waals surface area contributed by atoms with E-state index < -0.39 is 0 Å². The van der Waals surface area contributed by atoms with Crippen LogP contribution in [0.5, 0.6) is 0 Å². The molecule has 1 unspecified atom stereocenters. The summed E-state index contributed by atoms with van der Waals surface area (Å²) in [5.41, 5.74) is 0. The van der Waals surface area contributed by atoms with Crippen molar-refractivity contribution < 1.29 is 19.7 Å². The van der Waals surface area contributed by atoms with Crippen molar-refractivity contribution in [3.63, 3.8) is 0 Å². The van der Waals surface area contributed by atoms with Crippen LogP contribution < -0.4 is 0 Å². The predicted molar refractivity (Wildman–Crippen MR) is 71.3 cm³/mol. The quantitative estimate of drug-likeness (QED) is 0.418. The Kier molecular flexibility index (Phi) is 12.4. The van der Waals surface area contributed by atoms with Gasteiger partial charge in [0.2, 0.25) is 0 Å². The minimum Gasteiger partial charge on any atom is -0.463 e. The maximum atomic E-state index is 11.1. The topological polar surface area (TPSA) is 66.8 Å². The minimum absolute atomic E-state index is 0.0922. The first-order valence-corrected chi connectivity index (χ1v) is 7.15. The molecule has 2 N–H and O–H groups in total. The average Bonchev–Trinajstić information content (AvgIpc) is 2.36. The Bertz CT molecular complexity index is 194. The van der Waals surface area contributed by atoms with Crippen molar-refractivity contribution in [2.24, 2.45) is 0 Å². The molecule has 0 fully saturated rings. The Hall–Kier alpha value is -0.610. The van der Waals surface area contributed by atoms with Gasteiger partial charge in [0.1, 0.15) is 6.61 Å². The SMILES string of the molecule is CCCCCC(O)CCCCCC(=O)OCCO. The summed E-state index contributed by atoms with van der Waals surface area (Å²) in [5, 5.41) is 18.2. The molecule has 0 amide bonds. The third-order valence-corrected chi connectivity index (χ3v) is 2.91. The zero-order valence-corrected chi connectivity index (χ0v) is 11.6. The molecule has 1 atom stereocenters. The molecule has 0 saturated carbocycles. The highest BCUT2D eigenvalue weighted by molar-refractivity contribution is 5.69. The number of rotatable bonds is 12. The van der Waals surface area contributed by atoms with Crippen LogP contribution in [0.25, 0.3) is 0 Å². The predicted octanol–water partition coefficient (Wildman–Crippen LogP) is 2.41. The minimum atomic E-state index is -0.243. The fourth-order valence-corrected chi connectivity index (χ4v) is 1.83. The van der Waals surface area contributed by atoms with E-state index in [-0.39, 0.29) is 25.3 Å². The molecule has 4 nitrogen and oxygen atoms in total. The Morgan fingerprint density at radius 1 is 1.11 bits per heavy atom. The molecular weight excluding hydrogens is 232 g/mol. The fourth-order valence-electron chi connectivity index (χ4n) is 1.83. The highest BCUT2D eigenvalue weighted by Gasteiger charge is 2.05. The highest BCUT2D eigenvalue weighted by Crippen LogP contribution is 2.11. The number of aliphatic hydroxyl groups excluding tert-OH is 2. The van der Waals surface area contributed by atoms with Gasteiger partial charge >= 0.3 is 5.97 Å². The molecule has 18 heavy (non-hydrogen) atoms. The summed E-state index contributed by atoms with van der Waals surface area (Å²) >= 11 is 0. The summed E-state index contributed by atoms with van der Waals surface area (Å²) in [6, 6.07) is 0. The normalized spacial score (nSPS) is 12.4. The van der Waals surface area contributed by atoms with Gasteiger partial charge in [-0.1, -0.05) is 39.0 Å². The van der Waals surface area contributed by atoms with Crippen LogP contribution in [0.4, 0.5) is 0 Å². The van der Waals surface area contributed by atoms with Crippen LogP contribution in [0.1, 0.15) is 64.7 Å². The lowest BCUT2D eigenvalue weighted by atomic mass is 10.0. The van der Waals surface area contributed by atoms with Gasteiger partial charge in [-0.2, -0.15) is 0 Å². The molecule has 0 aliphatic carbocycles. The van der Waals surface area contributed by atoms with Crippen LogP contribution in [-0.2, 0) is 9.53 Å². The third kappa shape index (κ3) is 11.9. The van der Waals surface area contributed by atoms with Crippen LogP contribution in [-0.4, -0.2) is 35.5 Å². The van der Waals surface area contributed by atoms with Gasteiger partial charge < -0.3 is 14.9 Å². The van der Waals surface area contributed by atoms with Gasteiger partial charge in [0.25, 0.3) is 0 Å². The van der Waals surface area contributed by atoms with Gasteiger partial charge in [0.05, 0.1) is 12.7 Å². The number of aliphatic hydroxyl groups is 2. The molecule has 0 rings (SSSR count). The smallest absolute Gasteiger partial charge is 0.305 e. The van der Waals surface area contributed by atoms with Crippen molar-refractivity contribution in [3.05, 3.63) is 0 Å². The van der Waals surface area contributed by atoms with Crippen molar-refractivity contribution in [1.29, 1.82) is 0 Å². The lowest BCUT2D eigenvalue weighted by Crippen LogP contribution is -2.08. The van der Waals surface area contributed by atoms with Gasteiger partial charge in [0.15, 0.2) is 0 Å². The van der Waals surface area contributed by atoms with Gasteiger partial charge in [-0.3, -0.25) is 4.79 Å². The van der Waals surface area contributed by atoms with Crippen LogP contribution >= 0.6 is 0 Å². The molecule has 0 aromatic heterocycles. The summed E-state index contributed by atoms with van der Waals surface area (Å²) in [7, 11) is 0. The standard InChI is InChI=1S/C14H28O4/c1-2-3-5-8-13(16)9-6-4-7-10-14(17)18-12-11-15/h13,15-16H,2-12H2,1H3. The number of ether oxygens (including phenoxy) is 1. The lowest BCUT2D eigenvalue weighted by molar-refractivity contribution is -0.144. The highest BCUT2D eigenvalue weighted by atomic mass is 16.5. The van der Waals surface area contributed by atoms with Crippen LogP contribution in [0.15, 0.2) is 0 Å². The van der Waals surface area contributed by atoms with Gasteiger partial charge in [-0.25, -0.2) is 0 Å². The molecule has 4 heteroatoms.